The molecule has 52 heavy (non-hydrogen) atoms. The Morgan fingerprint density at radius 1 is 0.500 bits per heavy atom. The molecule has 0 bridgehead atoms. The summed E-state index contributed by atoms with van der Waals surface area (Å²) in [6.07, 6.45) is 10.0. The third-order valence-electron chi connectivity index (χ3n) is 6.90. The molecule has 0 spiro atoms. The van der Waals surface area contributed by atoms with Gasteiger partial charge in [0.2, 0.25) is 0 Å². The Balaban J connectivity index is 0.000000501. The van der Waals surface area contributed by atoms with Crippen LogP contribution in [0.1, 0.15) is 27.7 Å². The smallest absolute Gasteiger partial charge is 0.0312 e. The fourth-order valence-corrected chi connectivity index (χ4v) is 11.7. The Morgan fingerprint density at radius 3 is 0.865 bits per heavy atom. The Bertz CT molecular complexity index is 1370. The third kappa shape index (κ3) is 22.4. The van der Waals surface area contributed by atoms with Gasteiger partial charge in [0.15, 0.2) is 0 Å². The summed E-state index contributed by atoms with van der Waals surface area (Å²) in [6, 6.07) is 44.5. The molecule has 11 heteroatoms. The van der Waals surface area contributed by atoms with Crippen LogP contribution in [0.2, 0.25) is 0 Å². The van der Waals surface area contributed by atoms with Crippen LogP contribution in [0.4, 0.5) is 25.2 Å². The molecule has 0 saturated heterocycles. The second kappa shape index (κ2) is 22.6. The van der Waals surface area contributed by atoms with Crippen molar-refractivity contribution in [2.24, 2.45) is 0 Å². The first-order valence-corrected chi connectivity index (χ1v) is 22.2. The standard InChI is InChI=1S/C28H28P2.C8H14S.C5H5.F6P.Ru/c1-23(29(25-15-7-3-8-16-25)26-17-9-4-10-18-26)24(2)30(27-19-11-5-12-20-27)28-21-13-6-14-22-28;1-7(2)5-9-6-8(3)4;1-2-4-5-3-1;1-7(2,3,4,5)6;/h3-24H,1-2H3;1,3,5-6H2,2,4H3;1-5H;;/q;;;-1;+2/t23-,24-;;;;/m0..../s1. The number of halogens is 6. The van der Waals surface area contributed by atoms with E-state index in [1.807, 2.05) is 57.7 Å². The van der Waals surface area contributed by atoms with Gasteiger partial charge in [-0.25, -0.2) is 0 Å². The fourth-order valence-electron chi connectivity index (χ4n) is 4.74. The zero-order valence-electron chi connectivity index (χ0n) is 29.8. The first-order valence-electron chi connectivity index (χ1n) is 16.2. The van der Waals surface area contributed by atoms with E-state index in [-0.39, 0.29) is 19.5 Å². The van der Waals surface area contributed by atoms with Crippen LogP contribution in [-0.4, -0.2) is 22.8 Å². The molecule has 281 valence electrons. The van der Waals surface area contributed by atoms with E-state index in [9.17, 15) is 25.2 Å². The summed E-state index contributed by atoms with van der Waals surface area (Å²) in [5, 5.41) is 5.87. The Morgan fingerprint density at radius 2 is 0.692 bits per heavy atom. The molecule has 4 aromatic rings. The summed E-state index contributed by atoms with van der Waals surface area (Å²) in [5.74, 6) is 2.12. The Labute approximate surface area is 327 Å². The van der Waals surface area contributed by atoms with Crippen molar-refractivity contribution in [1.82, 2.24) is 0 Å². The molecular formula is C41H47F6P3RuS+. The quantitative estimate of drug-likeness (QED) is 0.0626. The minimum atomic E-state index is -10.7. The van der Waals surface area contributed by atoms with Crippen LogP contribution in [0.15, 0.2) is 146 Å². The average Bonchev–Trinajstić information content (AvgIpc) is 3.66. The molecule has 0 aromatic heterocycles. The van der Waals surface area contributed by atoms with Crippen molar-refractivity contribution in [2.75, 3.05) is 11.5 Å². The number of rotatable bonds is 11. The normalized spacial score (nSPS) is 14.7. The monoisotopic (exact) mass is 880 g/mol. The minimum Gasteiger partial charge on any atom is -0.0312 e. The molecule has 2 atom stereocenters. The van der Waals surface area contributed by atoms with E-state index in [0.717, 1.165) is 11.5 Å². The number of benzene rings is 4. The van der Waals surface area contributed by atoms with E-state index < -0.39 is 23.7 Å². The molecule has 1 aliphatic rings. The van der Waals surface area contributed by atoms with Gasteiger partial charge in [0.05, 0.1) is 0 Å². The number of hydrogen-bond donors (Lipinski definition) is 0. The summed E-state index contributed by atoms with van der Waals surface area (Å²) >= 11 is 1.87. The molecule has 0 amide bonds. The van der Waals surface area contributed by atoms with Gasteiger partial charge in [0, 0.05) is 11.5 Å². The first-order chi connectivity index (χ1) is 23.8. The maximum absolute atomic E-state index is 10.7. The van der Waals surface area contributed by atoms with Crippen LogP contribution in [-0.2, 0) is 19.5 Å². The molecule has 0 aliphatic heterocycles. The van der Waals surface area contributed by atoms with Crippen molar-refractivity contribution in [3.05, 3.63) is 178 Å². The summed E-state index contributed by atoms with van der Waals surface area (Å²) in [5.41, 5.74) is 3.58. The topological polar surface area (TPSA) is 0 Å². The van der Waals surface area contributed by atoms with E-state index in [4.69, 9.17) is 0 Å². The first kappa shape index (κ1) is 48.2. The van der Waals surface area contributed by atoms with Gasteiger partial charge in [-0.1, -0.05) is 159 Å². The molecule has 0 unspecified atom stereocenters. The van der Waals surface area contributed by atoms with Crippen molar-refractivity contribution < 1.29 is 44.7 Å². The van der Waals surface area contributed by atoms with E-state index >= 15 is 0 Å². The maximum atomic E-state index is 9.87. The van der Waals surface area contributed by atoms with Crippen molar-refractivity contribution in [1.29, 1.82) is 0 Å². The van der Waals surface area contributed by atoms with Crippen LogP contribution in [0, 0.1) is 32.1 Å². The van der Waals surface area contributed by atoms with E-state index in [0.29, 0.717) is 11.3 Å². The molecule has 1 aliphatic carbocycles. The van der Waals surface area contributed by atoms with Gasteiger partial charge in [-0.2, -0.15) is 11.8 Å². The number of hydrogen-bond acceptors (Lipinski definition) is 1. The molecule has 0 heterocycles. The van der Waals surface area contributed by atoms with E-state index in [1.54, 1.807) is 0 Å². The molecule has 1 fully saturated rings. The predicted molar refractivity (Wildman–Crippen MR) is 219 cm³/mol. The summed E-state index contributed by atoms with van der Waals surface area (Å²) in [4.78, 5) is 0. The minimum absolute atomic E-state index is 0. The SMILES string of the molecule is C=C(C)CSCC(=C)C.C[C@@H]([C@H](C)P(c1ccccc1)c1ccccc1)P(c1ccccc1)c1ccccc1.F[P-](F)(F)(F)(F)F.[CH]1[CH][CH][CH][CH]1.[Ru+2]. The van der Waals surface area contributed by atoms with E-state index in [1.165, 1.54) is 32.4 Å². The molecule has 0 nitrogen and oxygen atoms in total. The molecule has 0 N–H and O–H groups in total. The average molecular weight is 880 g/mol. The van der Waals surface area contributed by atoms with Gasteiger partial charge in [-0.3, -0.25) is 0 Å². The summed E-state index contributed by atoms with van der Waals surface area (Å²) in [6.45, 7) is 16.6. The number of thioether (sulfide) groups is 1. The van der Waals surface area contributed by atoms with Crippen molar-refractivity contribution >= 4 is 56.6 Å². The van der Waals surface area contributed by atoms with Crippen LogP contribution >= 0.6 is 35.4 Å². The van der Waals surface area contributed by atoms with Gasteiger partial charge in [0.1, 0.15) is 0 Å². The third-order valence-corrected chi connectivity index (χ3v) is 14.5. The molecule has 5 rings (SSSR count). The second-order valence-corrected chi connectivity index (χ2v) is 20.0. The fraction of sp³-hybridized carbons (Fsp3) is 0.195. The zero-order chi connectivity index (χ0) is 38.0. The molecule has 1 saturated carbocycles. The molecule has 4 aromatic carbocycles. The van der Waals surface area contributed by atoms with Gasteiger partial charge in [-0.15, -0.1) is 0 Å². The summed E-state index contributed by atoms with van der Waals surface area (Å²) in [7, 11) is -11.6. The Hall–Kier alpha value is -1.80. The largest absolute Gasteiger partial charge is 2.00 e. The van der Waals surface area contributed by atoms with Crippen LogP contribution in [0.25, 0.3) is 0 Å². The van der Waals surface area contributed by atoms with Gasteiger partial charge in [-0.05, 0) is 94.3 Å². The maximum Gasteiger partial charge on any atom is 2.00 e. The van der Waals surface area contributed by atoms with Gasteiger partial charge >= 0.3 is 52.5 Å². The summed E-state index contributed by atoms with van der Waals surface area (Å²) < 4.78 is 59.2. The molecule has 5 radical (unpaired) electrons. The van der Waals surface area contributed by atoms with Crippen LogP contribution in [0.3, 0.4) is 0 Å². The van der Waals surface area contributed by atoms with E-state index in [2.05, 4.69) is 148 Å². The van der Waals surface area contributed by atoms with Crippen LogP contribution < -0.4 is 21.2 Å². The van der Waals surface area contributed by atoms with Crippen molar-refractivity contribution in [3.63, 3.8) is 0 Å². The second-order valence-electron chi connectivity index (χ2n) is 11.9. The van der Waals surface area contributed by atoms with Crippen LogP contribution in [0.5, 0.6) is 0 Å². The van der Waals surface area contributed by atoms with Crippen molar-refractivity contribution in [2.45, 2.75) is 39.0 Å². The predicted octanol–water partition coefficient (Wildman–Crippen LogP) is 13.3. The zero-order valence-corrected chi connectivity index (χ0v) is 35.0. The van der Waals surface area contributed by atoms with Crippen molar-refractivity contribution in [3.8, 4) is 0 Å². The Kier molecular flexibility index (Phi) is 20.9. The van der Waals surface area contributed by atoms with Gasteiger partial charge in [0.25, 0.3) is 0 Å². The molecular weight excluding hydrogens is 832 g/mol. The van der Waals surface area contributed by atoms with Gasteiger partial charge < -0.3 is 0 Å².